The van der Waals surface area contributed by atoms with Crippen molar-refractivity contribution in [2.75, 3.05) is 19.6 Å². The highest BCUT2D eigenvalue weighted by molar-refractivity contribution is 7.00. The molecule has 1 unspecified atom stereocenters. The summed E-state index contributed by atoms with van der Waals surface area (Å²) in [7, 11) is 0. The predicted octanol–water partition coefficient (Wildman–Crippen LogP) is 28.3. The SMILES string of the molecule is Cc1cc2c3c(c1)N(c1ccccc1)c1c(oc4cc(C(C)C)ccc14)B3c1cc3c(cc1N2c1c(-c2ccccc2)cccc1-c1cccc(C2CC(C)(C)c4cc5c(cc4C2(C)C)B2c4oc6ccc(C(C)C)cc6c4N(c4ccc(C(C)(C)C)cc4)c4cc(C)cc(c42)N5c2c(-c4ccccc4)cccc2-c2ccccc2)c1)C(C)(C)CCC3(C)C. The number of benzene rings is 14. The van der Waals surface area contributed by atoms with Crippen molar-refractivity contribution in [3.63, 3.8) is 0 Å². The van der Waals surface area contributed by atoms with E-state index in [9.17, 15) is 0 Å². The molecule has 6 nitrogen and oxygen atoms in total. The van der Waals surface area contributed by atoms with Crippen LogP contribution in [0.5, 0.6) is 0 Å². The number of aryl methyl sites for hydroxylation is 2. The minimum atomic E-state index is -0.415. The highest BCUT2D eigenvalue weighted by Crippen LogP contribution is 2.60. The van der Waals surface area contributed by atoms with Gasteiger partial charge in [-0.3, -0.25) is 0 Å². The van der Waals surface area contributed by atoms with Crippen molar-refractivity contribution in [3.8, 4) is 44.5 Å². The molecule has 0 fully saturated rings. The van der Waals surface area contributed by atoms with Crippen LogP contribution in [-0.2, 0) is 27.1 Å². The Bertz CT molecular complexity index is 7000. The predicted molar refractivity (Wildman–Crippen MR) is 527 cm³/mol. The van der Waals surface area contributed by atoms with E-state index in [4.69, 9.17) is 8.83 Å². The fourth-order valence-electron chi connectivity index (χ4n) is 22.8. The van der Waals surface area contributed by atoms with Gasteiger partial charge in [0.15, 0.2) is 0 Å². The molecule has 4 aliphatic heterocycles. The molecule has 124 heavy (non-hydrogen) atoms. The van der Waals surface area contributed by atoms with Crippen LogP contribution in [0.4, 0.5) is 68.2 Å². The highest BCUT2D eigenvalue weighted by Gasteiger charge is 2.54. The van der Waals surface area contributed by atoms with E-state index in [0.29, 0.717) is 11.8 Å². The van der Waals surface area contributed by atoms with E-state index in [1.54, 1.807) is 0 Å². The molecule has 0 radical (unpaired) electrons. The Morgan fingerprint density at radius 3 is 1.26 bits per heavy atom. The van der Waals surface area contributed by atoms with Gasteiger partial charge in [0.2, 0.25) is 0 Å². The van der Waals surface area contributed by atoms with Gasteiger partial charge in [-0.2, -0.15) is 0 Å². The number of rotatable bonds is 11. The zero-order valence-corrected chi connectivity index (χ0v) is 74.8. The Balaban J connectivity index is 0.771. The first-order valence-corrected chi connectivity index (χ1v) is 45.3. The third-order valence-electron chi connectivity index (χ3n) is 29.5. The number of nitrogens with zero attached hydrogens (tertiary/aromatic N) is 4. The smallest absolute Gasteiger partial charge is 0.297 e. The van der Waals surface area contributed by atoms with E-state index in [0.717, 1.165) is 103 Å². The molecule has 0 bridgehead atoms. The molecule has 2 aliphatic carbocycles. The first-order valence-electron chi connectivity index (χ1n) is 45.3. The molecule has 8 heteroatoms. The summed E-state index contributed by atoms with van der Waals surface area (Å²) in [6.45, 7) is 40.4. The zero-order chi connectivity index (χ0) is 85.3. The molecule has 0 amide bonds. The lowest BCUT2D eigenvalue weighted by molar-refractivity contribution is 0.283. The second-order valence-corrected chi connectivity index (χ2v) is 40.9. The molecule has 0 saturated carbocycles. The molecule has 0 spiro atoms. The summed E-state index contributed by atoms with van der Waals surface area (Å²) >= 11 is 0. The van der Waals surface area contributed by atoms with Crippen molar-refractivity contribution in [2.45, 2.75) is 182 Å². The van der Waals surface area contributed by atoms with Gasteiger partial charge in [0.05, 0.1) is 34.1 Å². The van der Waals surface area contributed by atoms with E-state index in [1.807, 2.05) is 0 Å². The minimum Gasteiger partial charge on any atom is -0.468 e. The van der Waals surface area contributed by atoms with Gasteiger partial charge in [-0.15, -0.1) is 0 Å². The maximum absolute atomic E-state index is 7.79. The first kappa shape index (κ1) is 77.5. The van der Waals surface area contributed by atoms with Gasteiger partial charge in [0.25, 0.3) is 13.4 Å². The van der Waals surface area contributed by atoms with E-state index in [1.165, 1.54) is 139 Å². The Kier molecular flexibility index (Phi) is 17.5. The second-order valence-electron chi connectivity index (χ2n) is 40.9. The van der Waals surface area contributed by atoms with Gasteiger partial charge in [0.1, 0.15) is 11.2 Å². The lowest BCUT2D eigenvalue weighted by Crippen LogP contribution is -2.61. The standard InChI is InChI=1S/C116H108B2N4O2/c1-69(2)76-48-54-102-88(62-76)109-111(123-102)118-95-65-92-91(67-97(95)121(106-83(73-33-22-18-23-34-73)43-31-44-84(106)74-35-24-19-25-36-74)100-59-72(6)58-99(105(100)118)120(109)82-51-49-80(50-52-82)112(7,8)9)115(14,15)68-93(116(92,16)17)79-40-30-39-78(61-79)86-46-32-45-85(75-37-26-20-27-38-75)107(86)122-96-66-90-89(113(10,11)55-56-114(90,12)13)64-94(96)117-104-98(57-71(5)60-101(104)122)119(81-41-28-21-29-42-81)108-87-53-47-77(70(3)4)63-103(87)124-110(108)117/h18-54,57-67,69-70,93H,55-56,68H2,1-17H3. The first-order chi connectivity index (χ1) is 59.6. The lowest BCUT2D eigenvalue weighted by atomic mass is 9.35. The Morgan fingerprint density at radius 1 is 0.347 bits per heavy atom. The Labute approximate surface area is 733 Å². The topological polar surface area (TPSA) is 39.2 Å². The molecule has 1 atom stereocenters. The van der Waals surface area contributed by atoms with Gasteiger partial charge >= 0.3 is 0 Å². The van der Waals surface area contributed by atoms with Gasteiger partial charge < -0.3 is 28.4 Å². The largest absolute Gasteiger partial charge is 0.468 e. The van der Waals surface area contributed by atoms with Gasteiger partial charge in [-0.1, -0.05) is 310 Å². The van der Waals surface area contributed by atoms with E-state index in [-0.39, 0.29) is 41.0 Å². The van der Waals surface area contributed by atoms with E-state index >= 15 is 0 Å². The van der Waals surface area contributed by atoms with Crippen LogP contribution in [0, 0.1) is 13.8 Å². The molecule has 0 N–H and O–H groups in total. The number of hydrogen-bond acceptors (Lipinski definition) is 6. The maximum Gasteiger partial charge on any atom is 0.297 e. The molecular weight excluding hydrogens is 1500 g/mol. The minimum absolute atomic E-state index is 0.0408. The van der Waals surface area contributed by atoms with Crippen LogP contribution in [0.1, 0.15) is 197 Å². The summed E-state index contributed by atoms with van der Waals surface area (Å²) in [5.74, 6) is 0.712. The van der Waals surface area contributed by atoms with Crippen molar-refractivity contribution in [1.82, 2.24) is 0 Å². The highest BCUT2D eigenvalue weighted by atomic mass is 16.3. The van der Waals surface area contributed by atoms with Crippen LogP contribution in [0.25, 0.3) is 66.4 Å². The van der Waals surface area contributed by atoms with Crippen LogP contribution in [0.15, 0.2) is 300 Å². The van der Waals surface area contributed by atoms with Crippen molar-refractivity contribution >= 4 is 137 Å². The van der Waals surface area contributed by atoms with Gasteiger partial charge in [-0.25, -0.2) is 0 Å². The maximum atomic E-state index is 7.79. The molecule has 610 valence electrons. The summed E-state index contributed by atoms with van der Waals surface area (Å²) in [5, 5.41) is 2.26. The number of hydrogen-bond donors (Lipinski definition) is 0. The van der Waals surface area contributed by atoms with Crippen molar-refractivity contribution < 1.29 is 8.83 Å². The summed E-state index contributed by atoms with van der Waals surface area (Å²) < 4.78 is 15.5. The van der Waals surface area contributed by atoms with Crippen LogP contribution in [0.2, 0.25) is 0 Å². The molecule has 0 saturated heterocycles. The molecule has 6 heterocycles. The third-order valence-corrected chi connectivity index (χ3v) is 29.5. The Hall–Kier alpha value is -12.5. The lowest BCUT2D eigenvalue weighted by Gasteiger charge is -2.50. The van der Waals surface area contributed by atoms with Crippen molar-refractivity contribution in [3.05, 3.63) is 347 Å². The average molecular weight is 1610 g/mol. The monoisotopic (exact) mass is 1610 g/mol. The van der Waals surface area contributed by atoms with Gasteiger partial charge in [-0.05, 0) is 263 Å². The molecule has 22 rings (SSSR count). The molecule has 2 aromatic heterocycles. The number of fused-ring (bicyclic) bond motifs is 14. The summed E-state index contributed by atoms with van der Waals surface area (Å²) in [5.41, 5.74) is 44.2. The van der Waals surface area contributed by atoms with E-state index < -0.39 is 5.41 Å². The molecule has 6 aliphatic rings. The van der Waals surface area contributed by atoms with Crippen molar-refractivity contribution in [2.24, 2.45) is 0 Å². The normalized spacial score (nSPS) is 16.6. The van der Waals surface area contributed by atoms with E-state index in [2.05, 4.69) is 428 Å². The fourth-order valence-corrected chi connectivity index (χ4v) is 22.8. The quantitative estimate of drug-likeness (QED) is 0.120. The van der Waals surface area contributed by atoms with Gasteiger partial charge in [0, 0.05) is 78.5 Å². The second kappa shape index (κ2) is 28.0. The summed E-state index contributed by atoms with van der Waals surface area (Å²) in [4.78, 5) is 10.5. The molecule has 16 aromatic rings. The van der Waals surface area contributed by atoms with Crippen LogP contribution >= 0.6 is 0 Å². The summed E-state index contributed by atoms with van der Waals surface area (Å²) in [6.07, 6.45) is 3.10. The molecular formula is C116H108B2N4O2. The van der Waals surface area contributed by atoms with Crippen LogP contribution in [-0.4, -0.2) is 13.4 Å². The Morgan fingerprint density at radius 2 is 0.758 bits per heavy atom. The van der Waals surface area contributed by atoms with Crippen LogP contribution < -0.4 is 52.8 Å². The number of anilines is 12. The molecule has 14 aromatic carbocycles. The number of para-hydroxylation sites is 3. The fraction of sp³-hybridized carbons (Fsp3) is 0.241. The van der Waals surface area contributed by atoms with Crippen molar-refractivity contribution in [1.29, 1.82) is 0 Å². The summed E-state index contributed by atoms with van der Waals surface area (Å²) in [6, 6.07) is 112. The van der Waals surface area contributed by atoms with Crippen LogP contribution in [0.3, 0.4) is 0 Å². The zero-order valence-electron chi connectivity index (χ0n) is 74.8. The average Bonchev–Trinajstić information content (AvgIpc) is 1.27. The number of furan rings is 2. The third kappa shape index (κ3) is 11.9.